The van der Waals surface area contributed by atoms with Crippen LogP contribution in [0, 0.1) is 16.7 Å². The van der Waals surface area contributed by atoms with Crippen LogP contribution in [0.5, 0.6) is 0 Å². The lowest BCUT2D eigenvalue weighted by Crippen LogP contribution is -2.43. The molecule has 92 valence electrons. The van der Waals surface area contributed by atoms with Gasteiger partial charge in [-0.2, -0.15) is 5.26 Å². The van der Waals surface area contributed by atoms with Gasteiger partial charge in [0.1, 0.15) is 5.41 Å². The topological polar surface area (TPSA) is 39.4 Å². The molecule has 17 heavy (non-hydrogen) atoms. The number of hydrogen-bond donors (Lipinski definition) is 0. The largest absolute Gasteiger partial charge is 0.303 e. The predicted molar refractivity (Wildman–Crippen MR) is 71.8 cm³/mol. The minimum Gasteiger partial charge on any atom is -0.303 e. The van der Waals surface area contributed by atoms with E-state index in [4.69, 9.17) is 0 Å². The van der Waals surface area contributed by atoms with E-state index >= 15 is 0 Å². The third-order valence-electron chi connectivity index (χ3n) is 3.42. The van der Waals surface area contributed by atoms with Crippen molar-refractivity contribution in [2.24, 2.45) is 10.4 Å². The van der Waals surface area contributed by atoms with E-state index in [0.717, 1.165) is 38.2 Å². The van der Waals surface area contributed by atoms with Crippen molar-refractivity contribution in [2.75, 3.05) is 19.6 Å². The molecule has 0 radical (unpaired) electrons. The summed E-state index contributed by atoms with van der Waals surface area (Å²) in [5.41, 5.74) is 0.376. The zero-order valence-corrected chi connectivity index (χ0v) is 10.8. The minimum atomic E-state index is -0.438. The molecule has 1 fully saturated rings. The number of nitrogens with zero attached hydrogens (tertiary/aromatic N) is 3. The second kappa shape index (κ2) is 6.36. The van der Waals surface area contributed by atoms with E-state index < -0.39 is 5.41 Å². The molecule has 0 bridgehead atoms. The fraction of sp³-hybridized carbons (Fsp3) is 0.571. The molecule has 1 aliphatic rings. The summed E-state index contributed by atoms with van der Waals surface area (Å²) >= 11 is 0. The van der Waals surface area contributed by atoms with Crippen LogP contribution in [0.25, 0.3) is 0 Å². The molecule has 0 amide bonds. The first-order valence-corrected chi connectivity index (χ1v) is 6.18. The van der Waals surface area contributed by atoms with Gasteiger partial charge in [0.2, 0.25) is 0 Å². The number of nitriles is 1. The van der Waals surface area contributed by atoms with Gasteiger partial charge in [0, 0.05) is 19.3 Å². The summed E-state index contributed by atoms with van der Waals surface area (Å²) in [4.78, 5) is 6.72. The summed E-state index contributed by atoms with van der Waals surface area (Å²) in [7, 11) is 0. The van der Waals surface area contributed by atoms with Gasteiger partial charge in [-0.15, -0.1) is 0 Å². The highest BCUT2D eigenvalue weighted by atomic mass is 15.1. The maximum atomic E-state index is 9.48. The van der Waals surface area contributed by atoms with Crippen LogP contribution in [0.3, 0.4) is 0 Å². The van der Waals surface area contributed by atoms with E-state index in [1.165, 1.54) is 0 Å². The fourth-order valence-corrected chi connectivity index (χ4v) is 2.20. The molecule has 0 atom stereocenters. The summed E-state index contributed by atoms with van der Waals surface area (Å²) in [6, 6.07) is 2.46. The Bertz CT molecular complexity index is 352. The van der Waals surface area contributed by atoms with E-state index in [-0.39, 0.29) is 0 Å². The van der Waals surface area contributed by atoms with E-state index in [0.29, 0.717) is 0 Å². The lowest BCUT2D eigenvalue weighted by Gasteiger charge is -2.36. The van der Waals surface area contributed by atoms with Crippen LogP contribution in [-0.4, -0.2) is 30.2 Å². The quantitative estimate of drug-likeness (QED) is 0.698. The maximum absolute atomic E-state index is 9.48. The third kappa shape index (κ3) is 3.04. The maximum Gasteiger partial charge on any atom is 0.102 e. The molecule has 0 spiro atoms. The number of piperidine rings is 1. The smallest absolute Gasteiger partial charge is 0.102 e. The lowest BCUT2D eigenvalue weighted by atomic mass is 9.75. The van der Waals surface area contributed by atoms with Crippen LogP contribution < -0.4 is 0 Å². The summed E-state index contributed by atoms with van der Waals surface area (Å²) in [6.07, 6.45) is 7.03. The van der Waals surface area contributed by atoms with Gasteiger partial charge >= 0.3 is 0 Å². The van der Waals surface area contributed by atoms with Crippen molar-refractivity contribution in [3.05, 3.63) is 24.9 Å². The van der Waals surface area contributed by atoms with Crippen LogP contribution >= 0.6 is 0 Å². The van der Waals surface area contributed by atoms with Crippen molar-refractivity contribution in [3.63, 3.8) is 0 Å². The average Bonchev–Trinajstić information content (AvgIpc) is 2.40. The molecule has 3 nitrogen and oxygen atoms in total. The Kier molecular flexibility index (Phi) is 5.11. The number of allylic oxidation sites excluding steroid dienone is 2. The van der Waals surface area contributed by atoms with Gasteiger partial charge in [-0.05, 0) is 32.4 Å². The van der Waals surface area contributed by atoms with Gasteiger partial charge < -0.3 is 4.90 Å². The predicted octanol–water partition coefficient (Wildman–Crippen LogP) is 2.77. The first-order chi connectivity index (χ1) is 8.22. The van der Waals surface area contributed by atoms with Crippen molar-refractivity contribution in [1.29, 1.82) is 5.26 Å². The number of aliphatic imine (C=N–C) groups is 1. The molecule has 0 aliphatic carbocycles. The van der Waals surface area contributed by atoms with Crippen LogP contribution in [0.1, 0.15) is 26.7 Å². The van der Waals surface area contributed by atoms with Crippen molar-refractivity contribution in [3.8, 4) is 6.07 Å². The molecule has 0 aromatic carbocycles. The van der Waals surface area contributed by atoms with E-state index in [1.54, 1.807) is 12.3 Å². The van der Waals surface area contributed by atoms with E-state index in [9.17, 15) is 5.26 Å². The standard InChI is InChI=1S/C14H21N3/c1-4-9-16-13(5-2)14(12-15)7-10-17(6-3)11-8-14/h4-5,9H,2,6-8,10-11H2,1,3H3/b9-4-,16-13+. The molecule has 0 aromatic rings. The van der Waals surface area contributed by atoms with Crippen molar-refractivity contribution in [2.45, 2.75) is 26.7 Å². The summed E-state index contributed by atoms with van der Waals surface area (Å²) in [5, 5.41) is 9.48. The zero-order valence-electron chi connectivity index (χ0n) is 10.8. The molecule has 1 heterocycles. The molecule has 0 N–H and O–H groups in total. The Hall–Kier alpha value is -1.40. The molecule has 1 saturated heterocycles. The van der Waals surface area contributed by atoms with Crippen LogP contribution in [0.15, 0.2) is 29.9 Å². The molecule has 0 aromatic heterocycles. The normalized spacial score (nSPS) is 21.4. The van der Waals surface area contributed by atoms with Crippen LogP contribution in [-0.2, 0) is 0 Å². The molecular formula is C14H21N3. The third-order valence-corrected chi connectivity index (χ3v) is 3.42. The highest BCUT2D eigenvalue weighted by Crippen LogP contribution is 2.33. The summed E-state index contributed by atoms with van der Waals surface area (Å²) in [5.74, 6) is 0. The monoisotopic (exact) mass is 231 g/mol. The zero-order chi connectivity index (χ0) is 12.7. The van der Waals surface area contributed by atoms with Crippen LogP contribution in [0.2, 0.25) is 0 Å². The van der Waals surface area contributed by atoms with Gasteiger partial charge in [0.05, 0.1) is 11.8 Å². The van der Waals surface area contributed by atoms with Crippen molar-refractivity contribution >= 4 is 5.71 Å². The molecular weight excluding hydrogens is 210 g/mol. The van der Waals surface area contributed by atoms with Gasteiger partial charge in [0.15, 0.2) is 0 Å². The second-order valence-electron chi connectivity index (χ2n) is 4.33. The number of likely N-dealkylation sites (tertiary alicyclic amines) is 1. The Morgan fingerprint density at radius 3 is 2.59 bits per heavy atom. The average molecular weight is 231 g/mol. The molecule has 0 unspecified atom stereocenters. The van der Waals surface area contributed by atoms with Gasteiger partial charge in [0.25, 0.3) is 0 Å². The Morgan fingerprint density at radius 2 is 2.18 bits per heavy atom. The molecule has 3 heteroatoms. The molecule has 1 rings (SSSR count). The SMILES string of the molecule is C=C/C(=N\C=C/C)C1(C#N)CCN(CC)CC1. The first-order valence-electron chi connectivity index (χ1n) is 6.18. The van der Waals surface area contributed by atoms with Crippen LogP contribution in [0.4, 0.5) is 0 Å². The second-order valence-corrected chi connectivity index (χ2v) is 4.33. The lowest BCUT2D eigenvalue weighted by molar-refractivity contribution is 0.191. The molecule has 1 aliphatic heterocycles. The number of hydrogen-bond acceptors (Lipinski definition) is 3. The van der Waals surface area contributed by atoms with Gasteiger partial charge in [-0.1, -0.05) is 19.6 Å². The fourth-order valence-electron chi connectivity index (χ4n) is 2.20. The highest BCUT2D eigenvalue weighted by Gasteiger charge is 2.37. The Morgan fingerprint density at radius 1 is 1.53 bits per heavy atom. The minimum absolute atomic E-state index is 0.438. The Balaban J connectivity index is 2.90. The van der Waals surface area contributed by atoms with E-state index in [1.807, 2.05) is 13.0 Å². The Labute approximate surface area is 104 Å². The molecule has 0 saturated carbocycles. The van der Waals surface area contributed by atoms with Gasteiger partial charge in [-0.25, -0.2) is 0 Å². The number of rotatable bonds is 4. The summed E-state index contributed by atoms with van der Waals surface area (Å²) in [6.45, 7) is 10.8. The van der Waals surface area contributed by atoms with Crippen molar-refractivity contribution < 1.29 is 0 Å². The van der Waals surface area contributed by atoms with E-state index in [2.05, 4.69) is 29.5 Å². The first kappa shape index (κ1) is 13.7. The van der Waals surface area contributed by atoms with Crippen molar-refractivity contribution in [1.82, 2.24) is 4.90 Å². The highest BCUT2D eigenvalue weighted by molar-refractivity contribution is 6.01. The summed E-state index contributed by atoms with van der Waals surface area (Å²) < 4.78 is 0. The van der Waals surface area contributed by atoms with Gasteiger partial charge in [-0.3, -0.25) is 4.99 Å².